The summed E-state index contributed by atoms with van der Waals surface area (Å²) in [5, 5.41) is 4.24. The average molecular weight is 325 g/mol. The highest BCUT2D eigenvalue weighted by molar-refractivity contribution is 5.38. The van der Waals surface area contributed by atoms with Crippen LogP contribution in [-0.4, -0.2) is 34.7 Å². The molecule has 1 atom stereocenters. The van der Waals surface area contributed by atoms with Gasteiger partial charge in [-0.05, 0) is 74.4 Å². The van der Waals surface area contributed by atoms with Crippen LogP contribution in [0, 0.1) is 5.92 Å². The second-order valence-corrected chi connectivity index (χ2v) is 7.36. The van der Waals surface area contributed by atoms with Gasteiger partial charge in [0.05, 0.1) is 0 Å². The minimum absolute atomic E-state index is 0.354. The fourth-order valence-electron chi connectivity index (χ4n) is 4.52. The van der Waals surface area contributed by atoms with Crippen LogP contribution in [0.2, 0.25) is 0 Å². The zero-order valence-electron chi connectivity index (χ0n) is 13.9. The summed E-state index contributed by atoms with van der Waals surface area (Å²) in [6, 6.07) is 6.39. The molecule has 2 aromatic rings. The van der Waals surface area contributed by atoms with E-state index in [0.717, 1.165) is 30.5 Å². The van der Waals surface area contributed by atoms with E-state index in [0.29, 0.717) is 18.4 Å². The lowest BCUT2D eigenvalue weighted by molar-refractivity contribution is 0.0825. The lowest BCUT2D eigenvalue weighted by atomic mass is 9.79. The number of rotatable bonds is 4. The molecule has 1 aliphatic carbocycles. The fourth-order valence-corrected chi connectivity index (χ4v) is 4.52. The van der Waals surface area contributed by atoms with Gasteiger partial charge in [0.1, 0.15) is 5.75 Å². The molecule has 5 nitrogen and oxygen atoms in total. The van der Waals surface area contributed by atoms with Gasteiger partial charge >= 0.3 is 0 Å². The first kappa shape index (κ1) is 14.5. The smallest absolute Gasteiger partial charge is 0.264 e. The zero-order valence-corrected chi connectivity index (χ0v) is 13.9. The van der Waals surface area contributed by atoms with Crippen molar-refractivity contribution in [1.82, 2.24) is 15.0 Å². The maximum absolute atomic E-state index is 5.87. The van der Waals surface area contributed by atoms with Crippen LogP contribution in [0.1, 0.15) is 48.0 Å². The molecule has 24 heavy (non-hydrogen) atoms. The molecule has 3 saturated heterocycles. The molecule has 6 rings (SSSR count). The number of hydrogen-bond donors (Lipinski definition) is 0. The molecule has 1 unspecified atom stereocenters. The number of fused-ring (bicyclic) bond motifs is 4. The van der Waals surface area contributed by atoms with Crippen LogP contribution >= 0.6 is 0 Å². The van der Waals surface area contributed by atoms with E-state index >= 15 is 0 Å². The largest absolute Gasteiger partial charge is 0.484 e. The van der Waals surface area contributed by atoms with Gasteiger partial charge in [-0.15, -0.1) is 0 Å². The van der Waals surface area contributed by atoms with Crippen molar-refractivity contribution < 1.29 is 9.26 Å². The molecule has 4 heterocycles. The molecule has 4 aliphatic rings. The van der Waals surface area contributed by atoms with Crippen LogP contribution in [-0.2, 0) is 19.4 Å². The van der Waals surface area contributed by atoms with Crippen molar-refractivity contribution in [2.45, 2.75) is 44.6 Å². The van der Waals surface area contributed by atoms with Crippen molar-refractivity contribution in [3.8, 4) is 5.75 Å². The number of aryl methyl sites for hydroxylation is 2. The van der Waals surface area contributed by atoms with Crippen molar-refractivity contribution >= 4 is 0 Å². The molecular weight excluding hydrogens is 302 g/mol. The van der Waals surface area contributed by atoms with Gasteiger partial charge < -0.3 is 14.2 Å². The van der Waals surface area contributed by atoms with E-state index in [9.17, 15) is 0 Å². The number of aromatic nitrogens is 2. The standard InChI is InChI=1S/C19H23N3O2/c1-2-13-4-5-16(10-15(13)3-1)23-12-18-20-19(21-24-18)17-11-22-8-6-14(17)7-9-22/h4-5,10,14,17H,1-3,6-9,11-12H2. The number of hydrogen-bond acceptors (Lipinski definition) is 5. The van der Waals surface area contributed by atoms with Crippen molar-refractivity contribution in [3.05, 3.63) is 41.0 Å². The second-order valence-electron chi connectivity index (χ2n) is 7.36. The van der Waals surface area contributed by atoms with Crippen molar-refractivity contribution in [2.75, 3.05) is 19.6 Å². The van der Waals surface area contributed by atoms with E-state index in [1.807, 2.05) is 0 Å². The third kappa shape index (κ3) is 2.61. The van der Waals surface area contributed by atoms with Gasteiger partial charge in [0.25, 0.3) is 5.89 Å². The third-order valence-corrected chi connectivity index (χ3v) is 5.90. The SMILES string of the molecule is c1cc2c(cc1OCc1nc(C3CN4CCC3CC4)no1)CCC2. The van der Waals surface area contributed by atoms with Gasteiger partial charge in [-0.1, -0.05) is 11.2 Å². The molecule has 0 amide bonds. The number of ether oxygens (including phenoxy) is 1. The molecule has 5 heteroatoms. The number of nitrogens with zero attached hydrogens (tertiary/aromatic N) is 3. The minimum atomic E-state index is 0.354. The van der Waals surface area contributed by atoms with Crippen molar-refractivity contribution in [1.29, 1.82) is 0 Å². The van der Waals surface area contributed by atoms with E-state index < -0.39 is 0 Å². The maximum Gasteiger partial charge on any atom is 0.264 e. The highest BCUT2D eigenvalue weighted by Gasteiger charge is 2.37. The summed E-state index contributed by atoms with van der Waals surface area (Å²) in [5.41, 5.74) is 2.88. The first-order chi connectivity index (χ1) is 11.8. The zero-order chi connectivity index (χ0) is 15.9. The van der Waals surface area contributed by atoms with Gasteiger partial charge in [-0.3, -0.25) is 0 Å². The normalized spacial score (nSPS) is 28.1. The van der Waals surface area contributed by atoms with E-state index in [1.54, 1.807) is 0 Å². The highest BCUT2D eigenvalue weighted by atomic mass is 16.5. The average Bonchev–Trinajstić information content (AvgIpc) is 3.30. The summed E-state index contributed by atoms with van der Waals surface area (Å²) in [7, 11) is 0. The molecule has 3 aliphatic heterocycles. The van der Waals surface area contributed by atoms with Crippen LogP contribution in [0.4, 0.5) is 0 Å². The Balaban J connectivity index is 1.25. The van der Waals surface area contributed by atoms with E-state index in [4.69, 9.17) is 9.26 Å². The quantitative estimate of drug-likeness (QED) is 0.865. The van der Waals surface area contributed by atoms with Gasteiger partial charge in [-0.2, -0.15) is 4.98 Å². The van der Waals surface area contributed by atoms with E-state index in [-0.39, 0.29) is 0 Å². The predicted molar refractivity (Wildman–Crippen MR) is 89.0 cm³/mol. The summed E-state index contributed by atoms with van der Waals surface area (Å²) in [6.07, 6.45) is 6.14. The molecular formula is C19H23N3O2. The lowest BCUT2D eigenvalue weighted by Crippen LogP contribution is -2.46. The summed E-state index contributed by atoms with van der Waals surface area (Å²) < 4.78 is 11.3. The number of benzene rings is 1. The van der Waals surface area contributed by atoms with Gasteiger partial charge in [-0.25, -0.2) is 0 Å². The van der Waals surface area contributed by atoms with Gasteiger partial charge in [0.2, 0.25) is 0 Å². The highest BCUT2D eigenvalue weighted by Crippen LogP contribution is 2.37. The maximum atomic E-state index is 5.87. The van der Waals surface area contributed by atoms with Crippen LogP contribution in [0.25, 0.3) is 0 Å². The summed E-state index contributed by atoms with van der Waals surface area (Å²) in [6.45, 7) is 3.89. The molecule has 0 radical (unpaired) electrons. The van der Waals surface area contributed by atoms with Crippen molar-refractivity contribution in [3.63, 3.8) is 0 Å². The van der Waals surface area contributed by atoms with Crippen LogP contribution < -0.4 is 4.74 Å². The van der Waals surface area contributed by atoms with Crippen LogP contribution in [0.3, 0.4) is 0 Å². The molecule has 1 aromatic carbocycles. The van der Waals surface area contributed by atoms with Crippen molar-refractivity contribution in [2.24, 2.45) is 5.92 Å². The topological polar surface area (TPSA) is 51.4 Å². The second kappa shape index (κ2) is 5.88. The molecule has 3 fully saturated rings. The summed E-state index contributed by atoms with van der Waals surface area (Å²) in [4.78, 5) is 7.13. The monoisotopic (exact) mass is 325 g/mol. The Morgan fingerprint density at radius 2 is 2.04 bits per heavy atom. The fraction of sp³-hybridized carbons (Fsp3) is 0.579. The van der Waals surface area contributed by atoms with Gasteiger partial charge in [0, 0.05) is 12.5 Å². The molecule has 0 saturated carbocycles. The predicted octanol–water partition coefficient (Wildman–Crippen LogP) is 2.95. The Morgan fingerprint density at radius 1 is 1.17 bits per heavy atom. The first-order valence-corrected chi connectivity index (χ1v) is 9.14. The Hall–Kier alpha value is -1.88. The van der Waals surface area contributed by atoms with E-state index in [2.05, 4.69) is 33.2 Å². The van der Waals surface area contributed by atoms with Crippen LogP contribution in [0.15, 0.2) is 22.7 Å². The minimum Gasteiger partial charge on any atom is -0.484 e. The molecule has 0 spiro atoms. The Labute approximate surface area is 142 Å². The van der Waals surface area contributed by atoms with Crippen LogP contribution in [0.5, 0.6) is 5.75 Å². The molecule has 0 N–H and O–H groups in total. The molecule has 126 valence electrons. The Kier molecular flexibility index (Phi) is 3.55. The summed E-state index contributed by atoms with van der Waals surface area (Å²) in [5.74, 6) is 3.51. The Bertz CT molecular complexity index is 734. The summed E-state index contributed by atoms with van der Waals surface area (Å²) >= 11 is 0. The van der Waals surface area contributed by atoms with Gasteiger partial charge in [0.15, 0.2) is 12.4 Å². The Morgan fingerprint density at radius 3 is 2.88 bits per heavy atom. The third-order valence-electron chi connectivity index (χ3n) is 5.90. The molecule has 1 aromatic heterocycles. The van der Waals surface area contributed by atoms with E-state index in [1.165, 1.54) is 49.9 Å². The molecule has 2 bridgehead atoms. The first-order valence-electron chi connectivity index (χ1n) is 9.14. The lowest BCUT2D eigenvalue weighted by Gasteiger charge is -2.43. The number of piperidine rings is 3.